The number of rotatable bonds is 8. The number of benzene rings is 1. The molecule has 0 fully saturated rings. The van der Waals surface area contributed by atoms with Crippen LogP contribution in [0.5, 0.6) is 11.5 Å². The molecule has 0 radical (unpaired) electrons. The molecule has 0 aliphatic rings. The van der Waals surface area contributed by atoms with Crippen LogP contribution in [0.25, 0.3) is 0 Å². The van der Waals surface area contributed by atoms with Crippen molar-refractivity contribution in [1.29, 1.82) is 0 Å². The first-order valence-corrected chi connectivity index (χ1v) is 6.32. The normalized spacial score (nSPS) is 10.4. The molecular formula is C13H20ClNO3. The lowest BCUT2D eigenvalue weighted by Crippen LogP contribution is -2.15. The van der Waals surface area contributed by atoms with Crippen molar-refractivity contribution in [2.75, 3.05) is 27.4 Å². The largest absolute Gasteiger partial charge is 0.493 e. The first-order chi connectivity index (χ1) is 8.72. The minimum Gasteiger partial charge on any atom is -0.493 e. The molecule has 2 N–H and O–H groups in total. The van der Waals surface area contributed by atoms with E-state index in [-0.39, 0.29) is 6.61 Å². The second-order valence-corrected chi connectivity index (χ2v) is 4.34. The van der Waals surface area contributed by atoms with Crippen molar-refractivity contribution in [2.24, 2.45) is 0 Å². The quantitative estimate of drug-likeness (QED) is 0.713. The van der Waals surface area contributed by atoms with Gasteiger partial charge in [0.15, 0.2) is 11.5 Å². The monoisotopic (exact) mass is 273 g/mol. The molecule has 1 aromatic carbocycles. The highest BCUT2D eigenvalue weighted by atomic mass is 35.5. The first-order valence-electron chi connectivity index (χ1n) is 5.95. The zero-order chi connectivity index (χ0) is 13.4. The van der Waals surface area contributed by atoms with Gasteiger partial charge in [0, 0.05) is 29.8 Å². The Hall–Kier alpha value is -0.970. The van der Waals surface area contributed by atoms with E-state index < -0.39 is 0 Å². The molecule has 1 aromatic rings. The van der Waals surface area contributed by atoms with Crippen molar-refractivity contribution in [3.63, 3.8) is 0 Å². The summed E-state index contributed by atoms with van der Waals surface area (Å²) < 4.78 is 10.6. The summed E-state index contributed by atoms with van der Waals surface area (Å²) in [5.74, 6) is 1.34. The molecule has 0 heterocycles. The summed E-state index contributed by atoms with van der Waals surface area (Å²) in [6.07, 6.45) is 1.75. The fraction of sp³-hybridized carbons (Fsp3) is 0.538. The van der Waals surface area contributed by atoms with E-state index in [0.717, 1.165) is 24.9 Å². The summed E-state index contributed by atoms with van der Waals surface area (Å²) in [7, 11) is 3.20. The van der Waals surface area contributed by atoms with E-state index in [1.165, 1.54) is 0 Å². The molecular weight excluding hydrogens is 254 g/mol. The predicted molar refractivity (Wildman–Crippen MR) is 72.6 cm³/mol. The maximum absolute atomic E-state index is 8.69. The number of halogens is 1. The Balaban J connectivity index is 2.65. The molecule has 0 atom stereocenters. The third-order valence-electron chi connectivity index (χ3n) is 2.60. The number of aliphatic hydroxyl groups is 1. The van der Waals surface area contributed by atoms with Crippen molar-refractivity contribution in [1.82, 2.24) is 5.32 Å². The van der Waals surface area contributed by atoms with Gasteiger partial charge in [0.2, 0.25) is 0 Å². The third kappa shape index (κ3) is 4.37. The molecule has 0 aromatic heterocycles. The number of ether oxygens (including phenoxy) is 2. The SMILES string of the molecule is COc1cc(Cl)cc(CNCCCCO)c1OC. The molecule has 0 aliphatic carbocycles. The second kappa shape index (κ2) is 8.19. The number of methoxy groups -OCH3 is 2. The summed E-state index contributed by atoms with van der Waals surface area (Å²) in [4.78, 5) is 0. The highest BCUT2D eigenvalue weighted by molar-refractivity contribution is 6.30. The molecule has 0 unspecified atom stereocenters. The van der Waals surface area contributed by atoms with Gasteiger partial charge in [-0.1, -0.05) is 11.6 Å². The number of hydrogen-bond donors (Lipinski definition) is 2. The van der Waals surface area contributed by atoms with E-state index in [1.54, 1.807) is 20.3 Å². The van der Waals surface area contributed by atoms with E-state index in [9.17, 15) is 0 Å². The third-order valence-corrected chi connectivity index (χ3v) is 2.82. The molecule has 0 saturated carbocycles. The van der Waals surface area contributed by atoms with Crippen molar-refractivity contribution in [3.05, 3.63) is 22.7 Å². The Kier molecular flexibility index (Phi) is 6.86. The Labute approximate surface area is 113 Å². The Morgan fingerprint density at radius 1 is 1.22 bits per heavy atom. The Morgan fingerprint density at radius 2 is 2.00 bits per heavy atom. The average molecular weight is 274 g/mol. The van der Waals surface area contributed by atoms with Crippen molar-refractivity contribution < 1.29 is 14.6 Å². The van der Waals surface area contributed by atoms with Gasteiger partial charge in [0.05, 0.1) is 14.2 Å². The minimum absolute atomic E-state index is 0.232. The number of aliphatic hydroxyl groups excluding tert-OH is 1. The van der Waals surface area contributed by atoms with Gasteiger partial charge >= 0.3 is 0 Å². The second-order valence-electron chi connectivity index (χ2n) is 3.91. The average Bonchev–Trinajstić information content (AvgIpc) is 2.37. The van der Waals surface area contributed by atoms with E-state index in [2.05, 4.69) is 5.32 Å². The van der Waals surface area contributed by atoms with E-state index in [1.807, 2.05) is 6.07 Å². The maximum Gasteiger partial charge on any atom is 0.165 e. The number of unbranched alkanes of at least 4 members (excludes halogenated alkanes) is 1. The van der Waals surface area contributed by atoms with Crippen LogP contribution in [0.3, 0.4) is 0 Å². The summed E-state index contributed by atoms with van der Waals surface area (Å²) in [5, 5.41) is 12.6. The standard InChI is InChI=1S/C13H20ClNO3/c1-17-12-8-11(14)7-10(13(12)18-2)9-15-5-3-4-6-16/h7-8,15-16H,3-6,9H2,1-2H3. The van der Waals surface area contributed by atoms with Gasteiger partial charge in [-0.05, 0) is 25.5 Å². The number of hydrogen-bond acceptors (Lipinski definition) is 4. The minimum atomic E-state index is 0.232. The molecule has 0 spiro atoms. The Bertz CT molecular complexity index is 371. The smallest absolute Gasteiger partial charge is 0.165 e. The van der Waals surface area contributed by atoms with Crippen LogP contribution in [0.1, 0.15) is 18.4 Å². The van der Waals surface area contributed by atoms with Crippen LogP contribution < -0.4 is 14.8 Å². The van der Waals surface area contributed by atoms with Gasteiger partial charge in [0.25, 0.3) is 0 Å². The van der Waals surface area contributed by atoms with Gasteiger partial charge in [-0.2, -0.15) is 0 Å². The van der Waals surface area contributed by atoms with Crippen LogP contribution in [0.2, 0.25) is 5.02 Å². The zero-order valence-corrected chi connectivity index (χ0v) is 11.6. The summed E-state index contributed by atoms with van der Waals surface area (Å²) in [6, 6.07) is 3.59. The molecule has 0 aliphatic heterocycles. The fourth-order valence-electron chi connectivity index (χ4n) is 1.72. The van der Waals surface area contributed by atoms with Crippen LogP contribution in [0, 0.1) is 0 Å². The molecule has 5 heteroatoms. The molecule has 102 valence electrons. The molecule has 4 nitrogen and oxygen atoms in total. The van der Waals surface area contributed by atoms with Gasteiger partial charge in [-0.15, -0.1) is 0 Å². The molecule has 18 heavy (non-hydrogen) atoms. The predicted octanol–water partition coefficient (Wildman–Crippen LogP) is 2.22. The van der Waals surface area contributed by atoms with Crippen molar-refractivity contribution in [2.45, 2.75) is 19.4 Å². The summed E-state index contributed by atoms with van der Waals surface area (Å²) in [5.41, 5.74) is 0.964. The van der Waals surface area contributed by atoms with Crippen molar-refractivity contribution >= 4 is 11.6 Å². The molecule has 1 rings (SSSR count). The van der Waals surface area contributed by atoms with Gasteiger partial charge in [-0.3, -0.25) is 0 Å². The van der Waals surface area contributed by atoms with Crippen LogP contribution >= 0.6 is 11.6 Å². The van der Waals surface area contributed by atoms with Crippen LogP contribution in [-0.2, 0) is 6.54 Å². The van der Waals surface area contributed by atoms with Crippen molar-refractivity contribution in [3.8, 4) is 11.5 Å². The first kappa shape index (κ1) is 15.1. The van der Waals surface area contributed by atoms with E-state index >= 15 is 0 Å². The van der Waals surface area contributed by atoms with Crippen LogP contribution in [0.4, 0.5) is 0 Å². The summed E-state index contributed by atoms with van der Waals surface area (Å²) >= 11 is 6.02. The molecule has 0 amide bonds. The van der Waals surface area contributed by atoms with Gasteiger partial charge in [-0.25, -0.2) is 0 Å². The topological polar surface area (TPSA) is 50.7 Å². The lowest BCUT2D eigenvalue weighted by molar-refractivity contribution is 0.283. The number of nitrogens with one attached hydrogen (secondary N) is 1. The van der Waals surface area contributed by atoms with Gasteiger partial charge in [0.1, 0.15) is 0 Å². The highest BCUT2D eigenvalue weighted by Crippen LogP contribution is 2.34. The molecule has 0 bridgehead atoms. The lowest BCUT2D eigenvalue weighted by atomic mass is 10.1. The zero-order valence-electron chi connectivity index (χ0n) is 10.8. The summed E-state index contributed by atoms with van der Waals surface area (Å²) in [6.45, 7) is 1.74. The van der Waals surface area contributed by atoms with E-state index in [0.29, 0.717) is 23.1 Å². The lowest BCUT2D eigenvalue weighted by Gasteiger charge is -2.14. The van der Waals surface area contributed by atoms with Gasteiger partial charge < -0.3 is 19.9 Å². The maximum atomic E-state index is 8.69. The van der Waals surface area contributed by atoms with E-state index in [4.69, 9.17) is 26.2 Å². The van der Waals surface area contributed by atoms with Crippen LogP contribution in [-0.4, -0.2) is 32.5 Å². The fourth-order valence-corrected chi connectivity index (χ4v) is 1.95. The van der Waals surface area contributed by atoms with Crippen LogP contribution in [0.15, 0.2) is 12.1 Å². The molecule has 0 saturated heterocycles. The Morgan fingerprint density at radius 3 is 2.61 bits per heavy atom. The highest BCUT2D eigenvalue weighted by Gasteiger charge is 2.11.